The molecular formula is C23H47IN6O. The molecule has 31 heavy (non-hydrogen) atoms. The zero-order chi connectivity index (χ0) is 21.8. The van der Waals surface area contributed by atoms with Crippen LogP contribution in [0.3, 0.4) is 0 Å². The molecule has 2 atom stereocenters. The third-order valence-corrected chi connectivity index (χ3v) is 6.51. The van der Waals surface area contributed by atoms with Gasteiger partial charge in [0.05, 0.1) is 12.5 Å². The Balaban J connectivity index is 0.00000480. The lowest BCUT2D eigenvalue weighted by molar-refractivity contribution is -0.123. The van der Waals surface area contributed by atoms with Gasteiger partial charge < -0.3 is 21.3 Å². The summed E-state index contributed by atoms with van der Waals surface area (Å²) in [5, 5.41) is 6.90. The SMILES string of the molecule is CCNC(=NCC(C(C)C)N1CCCCCC1)NCCCN1CCCC(C(N)=O)C1.I. The van der Waals surface area contributed by atoms with Gasteiger partial charge in [-0.1, -0.05) is 26.7 Å². The molecule has 8 heteroatoms. The molecule has 0 aromatic carbocycles. The Labute approximate surface area is 207 Å². The number of hydrogen-bond donors (Lipinski definition) is 3. The number of carbonyl (C=O) groups excluding carboxylic acids is 1. The highest BCUT2D eigenvalue weighted by atomic mass is 127. The van der Waals surface area contributed by atoms with E-state index >= 15 is 0 Å². The number of nitrogens with two attached hydrogens (primary N) is 1. The first-order chi connectivity index (χ1) is 14.5. The number of carbonyl (C=O) groups is 1. The van der Waals surface area contributed by atoms with Crippen molar-refractivity contribution in [3.05, 3.63) is 0 Å². The third kappa shape index (κ3) is 10.7. The van der Waals surface area contributed by atoms with Crippen LogP contribution in [0, 0.1) is 11.8 Å². The second-order valence-electron chi connectivity index (χ2n) is 9.30. The number of aliphatic imine (C=N–C) groups is 1. The summed E-state index contributed by atoms with van der Waals surface area (Å²) < 4.78 is 0. The van der Waals surface area contributed by atoms with Crippen molar-refractivity contribution in [2.24, 2.45) is 22.6 Å². The number of halogens is 1. The van der Waals surface area contributed by atoms with E-state index in [0.29, 0.717) is 12.0 Å². The maximum absolute atomic E-state index is 11.5. The maximum atomic E-state index is 11.5. The number of primary amides is 1. The first kappa shape index (κ1) is 28.4. The van der Waals surface area contributed by atoms with Crippen LogP contribution in [0.5, 0.6) is 0 Å². The summed E-state index contributed by atoms with van der Waals surface area (Å²) in [6.07, 6.45) is 8.41. The molecule has 2 aliphatic heterocycles. The minimum atomic E-state index is -0.150. The quantitative estimate of drug-likeness (QED) is 0.169. The molecule has 2 saturated heterocycles. The summed E-state index contributed by atoms with van der Waals surface area (Å²) in [5.41, 5.74) is 5.49. The fourth-order valence-corrected chi connectivity index (χ4v) is 4.70. The normalized spacial score (nSPS) is 22.5. The summed E-state index contributed by atoms with van der Waals surface area (Å²) >= 11 is 0. The maximum Gasteiger partial charge on any atom is 0.221 e. The summed E-state index contributed by atoms with van der Waals surface area (Å²) in [4.78, 5) is 21.4. The Morgan fingerprint density at radius 2 is 1.81 bits per heavy atom. The molecule has 2 heterocycles. The van der Waals surface area contributed by atoms with Gasteiger partial charge >= 0.3 is 0 Å². The molecule has 0 radical (unpaired) electrons. The molecule has 7 nitrogen and oxygen atoms in total. The van der Waals surface area contributed by atoms with E-state index < -0.39 is 0 Å². The minimum absolute atomic E-state index is 0. The highest BCUT2D eigenvalue weighted by Crippen LogP contribution is 2.18. The highest BCUT2D eigenvalue weighted by molar-refractivity contribution is 14.0. The standard InChI is InChI=1S/C23H46N6O.HI/c1-4-25-23(26-12-10-14-28-13-9-11-20(18-28)22(24)30)27-17-21(19(2)3)29-15-7-5-6-8-16-29;/h19-21H,4-18H2,1-3H3,(H2,24,30)(H2,25,26,27);1H. The summed E-state index contributed by atoms with van der Waals surface area (Å²) in [5.74, 6) is 1.40. The van der Waals surface area contributed by atoms with Crippen molar-refractivity contribution in [1.29, 1.82) is 0 Å². The van der Waals surface area contributed by atoms with Gasteiger partial charge in [-0.2, -0.15) is 0 Å². The summed E-state index contributed by atoms with van der Waals surface area (Å²) in [6, 6.07) is 0.512. The van der Waals surface area contributed by atoms with Crippen LogP contribution in [-0.4, -0.2) is 80.1 Å². The lowest BCUT2D eigenvalue weighted by atomic mass is 9.97. The van der Waals surface area contributed by atoms with Crippen LogP contribution < -0.4 is 16.4 Å². The predicted octanol–water partition coefficient (Wildman–Crippen LogP) is 2.65. The molecule has 1 amide bonds. The van der Waals surface area contributed by atoms with Gasteiger partial charge in [-0.3, -0.25) is 14.7 Å². The topological polar surface area (TPSA) is 86.0 Å². The first-order valence-corrected chi connectivity index (χ1v) is 12.3. The molecule has 0 bridgehead atoms. The lowest BCUT2D eigenvalue weighted by Crippen LogP contribution is -2.44. The molecule has 2 unspecified atom stereocenters. The number of rotatable bonds is 10. The number of likely N-dealkylation sites (tertiary alicyclic amines) is 2. The van der Waals surface area contributed by atoms with Gasteiger partial charge in [-0.15, -0.1) is 24.0 Å². The van der Waals surface area contributed by atoms with Crippen molar-refractivity contribution >= 4 is 35.8 Å². The Morgan fingerprint density at radius 1 is 1.10 bits per heavy atom. The van der Waals surface area contributed by atoms with Crippen molar-refractivity contribution < 1.29 is 4.79 Å². The number of nitrogens with zero attached hydrogens (tertiary/aromatic N) is 3. The molecule has 4 N–H and O–H groups in total. The molecule has 0 aliphatic carbocycles. The zero-order valence-electron chi connectivity index (χ0n) is 20.1. The van der Waals surface area contributed by atoms with Crippen molar-refractivity contribution in [1.82, 2.24) is 20.4 Å². The number of piperidine rings is 1. The van der Waals surface area contributed by atoms with Crippen LogP contribution in [0.2, 0.25) is 0 Å². The van der Waals surface area contributed by atoms with Crippen LogP contribution in [0.1, 0.15) is 65.7 Å². The highest BCUT2D eigenvalue weighted by Gasteiger charge is 2.24. The van der Waals surface area contributed by atoms with Crippen molar-refractivity contribution in [2.75, 3.05) is 52.4 Å². The minimum Gasteiger partial charge on any atom is -0.369 e. The van der Waals surface area contributed by atoms with Gasteiger partial charge in [0, 0.05) is 25.7 Å². The van der Waals surface area contributed by atoms with E-state index in [-0.39, 0.29) is 35.8 Å². The molecule has 0 saturated carbocycles. The van der Waals surface area contributed by atoms with E-state index in [1.165, 1.54) is 38.8 Å². The largest absolute Gasteiger partial charge is 0.369 e. The van der Waals surface area contributed by atoms with E-state index in [2.05, 4.69) is 41.2 Å². The van der Waals surface area contributed by atoms with Crippen molar-refractivity contribution in [3.63, 3.8) is 0 Å². The van der Waals surface area contributed by atoms with Crippen LogP contribution in [-0.2, 0) is 4.79 Å². The number of hydrogen-bond acceptors (Lipinski definition) is 4. The number of nitrogens with one attached hydrogen (secondary N) is 2. The zero-order valence-corrected chi connectivity index (χ0v) is 22.4. The van der Waals surface area contributed by atoms with Gasteiger partial charge in [0.25, 0.3) is 0 Å². The van der Waals surface area contributed by atoms with Gasteiger partial charge in [-0.05, 0) is 71.1 Å². The van der Waals surface area contributed by atoms with E-state index in [4.69, 9.17) is 10.7 Å². The smallest absolute Gasteiger partial charge is 0.221 e. The van der Waals surface area contributed by atoms with E-state index in [0.717, 1.165) is 64.5 Å². The molecule has 0 aromatic heterocycles. The molecule has 2 rings (SSSR count). The Morgan fingerprint density at radius 3 is 2.42 bits per heavy atom. The Bertz CT molecular complexity index is 522. The molecular weight excluding hydrogens is 503 g/mol. The number of guanidine groups is 1. The summed E-state index contributed by atoms with van der Waals surface area (Å²) in [7, 11) is 0. The van der Waals surface area contributed by atoms with E-state index in [1.54, 1.807) is 0 Å². The van der Waals surface area contributed by atoms with E-state index in [1.807, 2.05) is 0 Å². The van der Waals surface area contributed by atoms with Crippen LogP contribution in [0.4, 0.5) is 0 Å². The van der Waals surface area contributed by atoms with Crippen molar-refractivity contribution in [2.45, 2.75) is 71.8 Å². The van der Waals surface area contributed by atoms with Gasteiger partial charge in [0.2, 0.25) is 5.91 Å². The fraction of sp³-hybridized carbons (Fsp3) is 0.913. The van der Waals surface area contributed by atoms with Gasteiger partial charge in [0.15, 0.2) is 5.96 Å². The van der Waals surface area contributed by atoms with Crippen LogP contribution in [0.25, 0.3) is 0 Å². The third-order valence-electron chi connectivity index (χ3n) is 6.51. The average Bonchev–Trinajstić information content (AvgIpc) is 3.00. The first-order valence-electron chi connectivity index (χ1n) is 12.3. The van der Waals surface area contributed by atoms with Crippen LogP contribution in [0.15, 0.2) is 4.99 Å². The lowest BCUT2D eigenvalue weighted by Gasteiger charge is -2.32. The molecule has 0 aromatic rings. The van der Waals surface area contributed by atoms with Crippen LogP contribution >= 0.6 is 24.0 Å². The Kier molecular flexibility index (Phi) is 14.7. The average molecular weight is 551 g/mol. The second kappa shape index (κ2) is 16.1. The number of amides is 1. The predicted molar refractivity (Wildman–Crippen MR) is 141 cm³/mol. The van der Waals surface area contributed by atoms with E-state index in [9.17, 15) is 4.79 Å². The van der Waals surface area contributed by atoms with Crippen molar-refractivity contribution in [3.8, 4) is 0 Å². The molecule has 0 spiro atoms. The monoisotopic (exact) mass is 550 g/mol. The van der Waals surface area contributed by atoms with Gasteiger partial charge in [-0.25, -0.2) is 0 Å². The second-order valence-corrected chi connectivity index (χ2v) is 9.30. The van der Waals surface area contributed by atoms with Gasteiger partial charge in [0.1, 0.15) is 0 Å². The molecule has 2 aliphatic rings. The summed E-state index contributed by atoms with van der Waals surface area (Å²) in [6.45, 7) is 14.7. The Hall–Kier alpha value is -0.610. The fourth-order valence-electron chi connectivity index (χ4n) is 4.70. The molecule has 2 fully saturated rings. The molecule has 182 valence electrons.